The van der Waals surface area contributed by atoms with Crippen LogP contribution >= 0.6 is 0 Å². The molecule has 2 heterocycles. The Kier molecular flexibility index (Phi) is 6.77. The molecular formula is C24H29N3O3. The van der Waals surface area contributed by atoms with E-state index in [9.17, 15) is 9.59 Å². The van der Waals surface area contributed by atoms with E-state index in [1.807, 2.05) is 47.4 Å². The molecule has 1 N–H and O–H groups in total. The maximum Gasteiger partial charge on any atom is 0.251 e. The molecule has 2 aliphatic heterocycles. The van der Waals surface area contributed by atoms with Gasteiger partial charge < -0.3 is 15.0 Å². The molecule has 0 aliphatic carbocycles. The lowest BCUT2D eigenvalue weighted by Gasteiger charge is -2.27. The summed E-state index contributed by atoms with van der Waals surface area (Å²) in [7, 11) is 0. The van der Waals surface area contributed by atoms with Gasteiger partial charge in [0.2, 0.25) is 5.91 Å². The van der Waals surface area contributed by atoms with Crippen LogP contribution in [0.3, 0.4) is 0 Å². The number of morpholine rings is 1. The van der Waals surface area contributed by atoms with Crippen molar-refractivity contribution in [3.05, 3.63) is 65.2 Å². The van der Waals surface area contributed by atoms with Crippen molar-refractivity contribution in [2.75, 3.05) is 37.7 Å². The fourth-order valence-electron chi connectivity index (χ4n) is 4.03. The van der Waals surface area contributed by atoms with Gasteiger partial charge in [-0.1, -0.05) is 24.3 Å². The van der Waals surface area contributed by atoms with Gasteiger partial charge in [-0.25, -0.2) is 0 Å². The summed E-state index contributed by atoms with van der Waals surface area (Å²) in [5, 5.41) is 3.01. The van der Waals surface area contributed by atoms with E-state index in [2.05, 4.69) is 16.3 Å². The van der Waals surface area contributed by atoms with Gasteiger partial charge in [-0.15, -0.1) is 0 Å². The minimum absolute atomic E-state index is 0.0849. The van der Waals surface area contributed by atoms with E-state index in [1.165, 1.54) is 0 Å². The molecule has 0 atom stereocenters. The van der Waals surface area contributed by atoms with Crippen molar-refractivity contribution >= 4 is 17.5 Å². The lowest BCUT2D eigenvalue weighted by molar-refractivity contribution is -0.119. The van der Waals surface area contributed by atoms with Crippen LogP contribution in [-0.2, 0) is 22.6 Å². The summed E-state index contributed by atoms with van der Waals surface area (Å²) < 4.78 is 5.40. The molecule has 2 aromatic carbocycles. The minimum atomic E-state index is -0.0849. The van der Waals surface area contributed by atoms with Crippen LogP contribution < -0.4 is 10.2 Å². The number of carbonyl (C=O) groups excluding carboxylic acids is 2. The second-order valence-electron chi connectivity index (χ2n) is 7.94. The standard InChI is InChI=1S/C24H29N3O3/c28-23-9-1-2-10-27(23)22-8-4-5-19(16-22)17-25-24(29)21-7-3-6-20(15-21)18-26-11-13-30-14-12-26/h3-8,15-16H,1-2,9-14,17-18H2,(H,25,29). The highest BCUT2D eigenvalue weighted by Crippen LogP contribution is 2.22. The smallest absolute Gasteiger partial charge is 0.251 e. The van der Waals surface area contributed by atoms with Gasteiger partial charge in [0.1, 0.15) is 0 Å². The zero-order valence-corrected chi connectivity index (χ0v) is 17.3. The Morgan fingerprint density at radius 1 is 0.967 bits per heavy atom. The largest absolute Gasteiger partial charge is 0.379 e. The van der Waals surface area contributed by atoms with Gasteiger partial charge in [0.05, 0.1) is 13.2 Å². The third-order valence-electron chi connectivity index (χ3n) is 5.70. The molecule has 4 rings (SSSR count). The molecule has 2 saturated heterocycles. The number of amides is 2. The third-order valence-corrected chi connectivity index (χ3v) is 5.70. The monoisotopic (exact) mass is 407 g/mol. The number of hydrogen-bond donors (Lipinski definition) is 1. The number of anilines is 1. The lowest BCUT2D eigenvalue weighted by Crippen LogP contribution is -2.35. The number of ether oxygens (including phenoxy) is 1. The fourth-order valence-corrected chi connectivity index (χ4v) is 4.03. The number of benzene rings is 2. The molecule has 0 spiro atoms. The second-order valence-corrected chi connectivity index (χ2v) is 7.94. The van der Waals surface area contributed by atoms with Crippen molar-refractivity contribution < 1.29 is 14.3 Å². The first-order chi connectivity index (χ1) is 14.7. The topological polar surface area (TPSA) is 61.9 Å². The first-order valence-corrected chi connectivity index (χ1v) is 10.8. The summed E-state index contributed by atoms with van der Waals surface area (Å²) in [5.74, 6) is 0.0952. The molecule has 2 fully saturated rings. The summed E-state index contributed by atoms with van der Waals surface area (Å²) in [6.45, 7) is 5.41. The highest BCUT2D eigenvalue weighted by atomic mass is 16.5. The Labute approximate surface area is 177 Å². The normalized spacial score (nSPS) is 17.7. The van der Waals surface area contributed by atoms with E-state index in [0.29, 0.717) is 18.5 Å². The van der Waals surface area contributed by atoms with Crippen molar-refractivity contribution in [1.82, 2.24) is 10.2 Å². The molecule has 2 aliphatic rings. The number of nitrogens with zero attached hydrogens (tertiary/aromatic N) is 2. The quantitative estimate of drug-likeness (QED) is 0.800. The average Bonchev–Trinajstić information content (AvgIpc) is 2.79. The van der Waals surface area contributed by atoms with Crippen molar-refractivity contribution in [2.24, 2.45) is 0 Å². The Balaban J connectivity index is 1.36. The van der Waals surface area contributed by atoms with Crippen LogP contribution in [0.15, 0.2) is 48.5 Å². The van der Waals surface area contributed by atoms with Crippen molar-refractivity contribution in [3.8, 4) is 0 Å². The maximum atomic E-state index is 12.7. The Bertz CT molecular complexity index is 893. The van der Waals surface area contributed by atoms with E-state index in [0.717, 1.165) is 69.0 Å². The van der Waals surface area contributed by atoms with Gasteiger partial charge in [0.15, 0.2) is 0 Å². The summed E-state index contributed by atoms with van der Waals surface area (Å²) >= 11 is 0. The first kappa shape index (κ1) is 20.6. The summed E-state index contributed by atoms with van der Waals surface area (Å²) in [6.07, 6.45) is 2.62. The number of nitrogens with one attached hydrogen (secondary N) is 1. The molecule has 0 radical (unpaired) electrons. The molecule has 6 heteroatoms. The summed E-state index contributed by atoms with van der Waals surface area (Å²) in [5.41, 5.74) is 3.71. The van der Waals surface area contributed by atoms with Crippen molar-refractivity contribution in [2.45, 2.75) is 32.4 Å². The molecule has 158 valence electrons. The first-order valence-electron chi connectivity index (χ1n) is 10.8. The molecule has 0 saturated carbocycles. The Hall–Kier alpha value is -2.70. The minimum Gasteiger partial charge on any atom is -0.379 e. The van der Waals surface area contributed by atoms with Crippen LogP contribution in [-0.4, -0.2) is 49.6 Å². The van der Waals surface area contributed by atoms with E-state index < -0.39 is 0 Å². The molecule has 2 amide bonds. The molecular weight excluding hydrogens is 378 g/mol. The lowest BCUT2D eigenvalue weighted by atomic mass is 10.1. The van der Waals surface area contributed by atoms with Gasteiger partial charge >= 0.3 is 0 Å². The molecule has 0 bridgehead atoms. The van der Waals surface area contributed by atoms with Gasteiger partial charge in [-0.05, 0) is 48.2 Å². The number of rotatable bonds is 6. The SMILES string of the molecule is O=C(NCc1cccc(N2CCCCC2=O)c1)c1cccc(CN2CCOCC2)c1. The van der Waals surface area contributed by atoms with Crippen LogP contribution in [0.25, 0.3) is 0 Å². The second kappa shape index (κ2) is 9.87. The predicted octanol–water partition coefficient (Wildman–Crippen LogP) is 2.97. The van der Waals surface area contributed by atoms with E-state index in [-0.39, 0.29) is 11.8 Å². The highest BCUT2D eigenvalue weighted by molar-refractivity contribution is 5.95. The number of piperidine rings is 1. The number of carbonyl (C=O) groups is 2. The average molecular weight is 408 g/mol. The molecule has 0 unspecified atom stereocenters. The zero-order chi connectivity index (χ0) is 20.8. The van der Waals surface area contributed by atoms with E-state index in [1.54, 1.807) is 0 Å². The molecule has 6 nitrogen and oxygen atoms in total. The molecule has 2 aromatic rings. The van der Waals surface area contributed by atoms with Crippen molar-refractivity contribution in [1.29, 1.82) is 0 Å². The van der Waals surface area contributed by atoms with Crippen LogP contribution in [0.4, 0.5) is 5.69 Å². The van der Waals surface area contributed by atoms with Crippen LogP contribution in [0.5, 0.6) is 0 Å². The Morgan fingerprint density at radius 2 is 1.77 bits per heavy atom. The highest BCUT2D eigenvalue weighted by Gasteiger charge is 2.19. The Morgan fingerprint density at radius 3 is 2.60 bits per heavy atom. The number of hydrogen-bond acceptors (Lipinski definition) is 4. The van der Waals surface area contributed by atoms with Gasteiger partial charge in [0.25, 0.3) is 5.91 Å². The molecule has 0 aromatic heterocycles. The summed E-state index contributed by atoms with van der Waals surface area (Å²) in [4.78, 5) is 29.1. The fraction of sp³-hybridized carbons (Fsp3) is 0.417. The zero-order valence-electron chi connectivity index (χ0n) is 17.3. The van der Waals surface area contributed by atoms with E-state index in [4.69, 9.17) is 4.74 Å². The van der Waals surface area contributed by atoms with Gasteiger partial charge in [-0.3, -0.25) is 14.5 Å². The molecule has 30 heavy (non-hydrogen) atoms. The predicted molar refractivity (Wildman–Crippen MR) is 116 cm³/mol. The maximum absolute atomic E-state index is 12.7. The third kappa shape index (κ3) is 5.26. The van der Waals surface area contributed by atoms with Crippen LogP contribution in [0.2, 0.25) is 0 Å². The van der Waals surface area contributed by atoms with Crippen molar-refractivity contribution in [3.63, 3.8) is 0 Å². The van der Waals surface area contributed by atoms with Crippen LogP contribution in [0, 0.1) is 0 Å². The van der Waals surface area contributed by atoms with Gasteiger partial charge in [-0.2, -0.15) is 0 Å². The summed E-state index contributed by atoms with van der Waals surface area (Å²) in [6, 6.07) is 15.7. The van der Waals surface area contributed by atoms with Crippen LogP contribution in [0.1, 0.15) is 40.7 Å². The van der Waals surface area contributed by atoms with E-state index >= 15 is 0 Å². The van der Waals surface area contributed by atoms with Gasteiger partial charge in [0, 0.05) is 50.4 Å².